The molecule has 0 amide bonds. The van der Waals surface area contributed by atoms with Gasteiger partial charge in [0.2, 0.25) is 0 Å². The van der Waals surface area contributed by atoms with Crippen molar-refractivity contribution in [3.8, 4) is 5.75 Å². The summed E-state index contributed by atoms with van der Waals surface area (Å²) in [6.45, 7) is 3.36. The van der Waals surface area contributed by atoms with Crippen molar-refractivity contribution in [1.82, 2.24) is 0 Å². The van der Waals surface area contributed by atoms with Crippen LogP contribution in [0, 0.1) is 0 Å². The molecule has 34 heavy (non-hydrogen) atoms. The third kappa shape index (κ3) is 7.39. The fraction of sp³-hybridized carbons (Fsp3) is 0.423. The molecule has 8 heteroatoms. The molecule has 1 aliphatic heterocycles. The van der Waals surface area contributed by atoms with Gasteiger partial charge in [-0.05, 0) is 35.0 Å². The number of aliphatic hydroxyl groups is 1. The van der Waals surface area contributed by atoms with Gasteiger partial charge in [0.25, 0.3) is 0 Å². The second kappa shape index (κ2) is 12.3. The first-order valence-electron chi connectivity index (χ1n) is 11.4. The Labute approximate surface area is 220 Å². The number of likely N-dealkylation sites (N-methyl/N-ethyl adjacent to an activating group) is 1. The number of rotatable bonds is 11. The number of likely N-dealkylation sites (tertiary alicyclic amines) is 1. The number of ether oxygens (including phenoxy) is 2. The summed E-state index contributed by atoms with van der Waals surface area (Å²) in [6, 6.07) is 17.7. The van der Waals surface area contributed by atoms with Crippen molar-refractivity contribution < 1.29 is 40.8 Å². The van der Waals surface area contributed by atoms with Crippen molar-refractivity contribution in [3.05, 3.63) is 75.1 Å². The van der Waals surface area contributed by atoms with Crippen LogP contribution in [-0.2, 0) is 22.4 Å². The predicted octanol–water partition coefficient (Wildman–Crippen LogP) is 1.56. The minimum Gasteiger partial charge on any atom is -1.00 e. The fourth-order valence-electron chi connectivity index (χ4n) is 4.45. The number of hydrogen-bond acceptors (Lipinski definition) is 6. The van der Waals surface area contributed by atoms with Gasteiger partial charge in [-0.1, -0.05) is 30.3 Å². The Kier molecular flexibility index (Phi) is 9.74. The molecule has 0 saturated carbocycles. The van der Waals surface area contributed by atoms with Crippen LogP contribution >= 0.6 is 22.7 Å². The number of para-hydroxylation sites is 1. The van der Waals surface area contributed by atoms with Gasteiger partial charge in [0.1, 0.15) is 12.3 Å². The summed E-state index contributed by atoms with van der Waals surface area (Å²) in [4.78, 5) is 15.2. The van der Waals surface area contributed by atoms with Crippen molar-refractivity contribution in [3.63, 3.8) is 0 Å². The first-order valence-corrected chi connectivity index (χ1v) is 13.2. The molecule has 1 aromatic carbocycles. The summed E-state index contributed by atoms with van der Waals surface area (Å²) in [5, 5.41) is 15.3. The van der Waals surface area contributed by atoms with Crippen LogP contribution in [0.15, 0.2) is 65.4 Å². The normalized spacial score (nSPS) is 20.0. The standard InChI is InChI=1S/C26H32NO4S2.BrH/c1-27(13-7-15-30-21-8-3-2-4-9-21)14-12-22(20-27)31-25(28)26(29,18-23-10-5-16-32-23)19-24-11-6-17-33-24;/h2-6,8-11,16-17,22,29H,7,12-15,18-20H2,1H3;1H/q+1;/p-1. The average molecular weight is 567 g/mol. The zero-order valence-corrected chi connectivity index (χ0v) is 22.6. The van der Waals surface area contributed by atoms with Crippen LogP contribution in [0.4, 0.5) is 0 Å². The smallest absolute Gasteiger partial charge is 0.339 e. The van der Waals surface area contributed by atoms with E-state index in [9.17, 15) is 9.90 Å². The van der Waals surface area contributed by atoms with E-state index in [4.69, 9.17) is 9.47 Å². The maximum Gasteiger partial charge on any atom is 0.339 e. The van der Waals surface area contributed by atoms with E-state index in [2.05, 4.69) is 7.05 Å². The second-order valence-electron chi connectivity index (χ2n) is 9.12. The lowest BCUT2D eigenvalue weighted by molar-refractivity contribution is -0.899. The van der Waals surface area contributed by atoms with E-state index < -0.39 is 11.6 Å². The first-order chi connectivity index (χ1) is 15.9. The molecule has 3 aromatic rings. The number of hydrogen-bond donors (Lipinski definition) is 1. The van der Waals surface area contributed by atoms with Gasteiger partial charge < -0.3 is 36.0 Å². The molecule has 184 valence electrons. The largest absolute Gasteiger partial charge is 1.00 e. The lowest BCUT2D eigenvalue weighted by Gasteiger charge is -2.30. The Bertz CT molecular complexity index is 961. The van der Waals surface area contributed by atoms with Gasteiger partial charge in [0, 0.05) is 35.4 Å². The quantitative estimate of drug-likeness (QED) is 0.218. The Morgan fingerprint density at radius 2 is 1.71 bits per heavy atom. The van der Waals surface area contributed by atoms with E-state index in [0.717, 1.165) is 52.5 Å². The number of nitrogens with zero attached hydrogens (tertiary/aromatic N) is 1. The van der Waals surface area contributed by atoms with Crippen molar-refractivity contribution in [2.75, 3.05) is 33.3 Å². The molecule has 1 fully saturated rings. The number of halogens is 1. The van der Waals surface area contributed by atoms with Crippen LogP contribution in [-0.4, -0.2) is 60.6 Å². The van der Waals surface area contributed by atoms with Gasteiger partial charge in [-0.2, -0.15) is 0 Å². The molecular formula is C26H32BrNO4S2. The third-order valence-electron chi connectivity index (χ3n) is 6.24. The van der Waals surface area contributed by atoms with Gasteiger partial charge >= 0.3 is 5.97 Å². The number of benzene rings is 1. The van der Waals surface area contributed by atoms with Gasteiger partial charge in [-0.25, -0.2) is 4.79 Å². The fourth-order valence-corrected chi connectivity index (χ4v) is 6.08. The third-order valence-corrected chi connectivity index (χ3v) is 7.99. The molecule has 2 atom stereocenters. The number of esters is 1. The van der Waals surface area contributed by atoms with E-state index in [1.165, 1.54) is 0 Å². The molecule has 0 aliphatic carbocycles. The lowest BCUT2D eigenvalue weighted by atomic mass is 9.93. The molecule has 3 heterocycles. The van der Waals surface area contributed by atoms with E-state index in [1.807, 2.05) is 65.4 Å². The molecule has 1 saturated heterocycles. The highest BCUT2D eigenvalue weighted by atomic mass is 79.9. The summed E-state index contributed by atoms with van der Waals surface area (Å²) < 4.78 is 12.6. The maximum atomic E-state index is 13.2. The minimum absolute atomic E-state index is 0. The summed E-state index contributed by atoms with van der Waals surface area (Å²) >= 11 is 3.11. The molecule has 2 unspecified atom stereocenters. The Balaban J connectivity index is 0.00000324. The van der Waals surface area contributed by atoms with E-state index >= 15 is 0 Å². The van der Waals surface area contributed by atoms with Crippen molar-refractivity contribution in [2.45, 2.75) is 37.4 Å². The summed E-state index contributed by atoms with van der Waals surface area (Å²) in [5.74, 6) is 0.388. The highest BCUT2D eigenvalue weighted by Gasteiger charge is 2.43. The Hall–Kier alpha value is -1.71. The van der Waals surface area contributed by atoms with Crippen molar-refractivity contribution in [2.24, 2.45) is 0 Å². The van der Waals surface area contributed by atoms with Crippen LogP contribution in [0.1, 0.15) is 22.6 Å². The minimum atomic E-state index is -1.55. The molecule has 0 bridgehead atoms. The highest BCUT2D eigenvalue weighted by Crippen LogP contribution is 2.28. The molecule has 0 spiro atoms. The van der Waals surface area contributed by atoms with Crippen molar-refractivity contribution >= 4 is 28.6 Å². The van der Waals surface area contributed by atoms with E-state index in [0.29, 0.717) is 6.61 Å². The summed E-state index contributed by atoms with van der Waals surface area (Å²) in [7, 11) is 2.21. The first kappa shape index (κ1) is 26.9. The molecular weight excluding hydrogens is 534 g/mol. The zero-order valence-electron chi connectivity index (χ0n) is 19.4. The number of carbonyl (C=O) groups excluding carboxylic acids is 1. The number of quaternary nitrogens is 1. The summed E-state index contributed by atoms with van der Waals surface area (Å²) in [5.41, 5.74) is -1.55. The van der Waals surface area contributed by atoms with E-state index in [1.54, 1.807) is 22.7 Å². The van der Waals surface area contributed by atoms with Crippen LogP contribution in [0.5, 0.6) is 5.75 Å². The maximum absolute atomic E-state index is 13.2. The van der Waals surface area contributed by atoms with Crippen LogP contribution in [0.2, 0.25) is 0 Å². The number of carbonyl (C=O) groups is 1. The molecule has 4 rings (SSSR count). The van der Waals surface area contributed by atoms with Gasteiger partial charge in [0.05, 0.1) is 26.7 Å². The highest BCUT2D eigenvalue weighted by molar-refractivity contribution is 7.10. The van der Waals surface area contributed by atoms with Gasteiger partial charge in [-0.3, -0.25) is 0 Å². The SMILES string of the molecule is C[N+]1(CCCOc2ccccc2)CCC(OC(=O)C(O)(Cc2cccs2)Cc2cccs2)C1.[Br-]. The van der Waals surface area contributed by atoms with Crippen molar-refractivity contribution in [1.29, 1.82) is 0 Å². The van der Waals surface area contributed by atoms with Gasteiger partial charge in [0.15, 0.2) is 11.7 Å². The topological polar surface area (TPSA) is 55.8 Å². The van der Waals surface area contributed by atoms with Gasteiger partial charge in [-0.15, -0.1) is 22.7 Å². The monoisotopic (exact) mass is 565 g/mol. The lowest BCUT2D eigenvalue weighted by Crippen LogP contribution is -3.00. The zero-order chi connectivity index (χ0) is 23.2. The van der Waals surface area contributed by atoms with Crippen LogP contribution < -0.4 is 21.7 Å². The van der Waals surface area contributed by atoms with Crippen LogP contribution in [0.3, 0.4) is 0 Å². The number of thiophene rings is 2. The molecule has 1 aliphatic rings. The van der Waals surface area contributed by atoms with Crippen LogP contribution in [0.25, 0.3) is 0 Å². The van der Waals surface area contributed by atoms with E-state index in [-0.39, 0.29) is 35.9 Å². The summed E-state index contributed by atoms with van der Waals surface area (Å²) in [6.07, 6.45) is 2.13. The molecule has 5 nitrogen and oxygen atoms in total. The molecule has 2 aromatic heterocycles. The molecule has 1 N–H and O–H groups in total. The molecule has 0 radical (unpaired) electrons. The Morgan fingerprint density at radius 1 is 1.06 bits per heavy atom. The Morgan fingerprint density at radius 3 is 2.29 bits per heavy atom. The average Bonchev–Trinajstić information content (AvgIpc) is 3.56. The second-order valence-corrected chi connectivity index (χ2v) is 11.2. The predicted molar refractivity (Wildman–Crippen MR) is 133 cm³/mol.